The summed E-state index contributed by atoms with van der Waals surface area (Å²) in [6.45, 7) is 0. The van der Waals surface area contributed by atoms with Crippen molar-refractivity contribution in [2.75, 3.05) is 0 Å². The van der Waals surface area contributed by atoms with Crippen molar-refractivity contribution >= 4 is 11.3 Å². The van der Waals surface area contributed by atoms with Gasteiger partial charge in [0.15, 0.2) is 0 Å². The first-order valence-electron chi connectivity index (χ1n) is 4.50. The third-order valence-electron chi connectivity index (χ3n) is 2.08. The molecule has 0 aliphatic carbocycles. The van der Waals surface area contributed by atoms with Gasteiger partial charge in [-0.25, -0.2) is 9.37 Å². The summed E-state index contributed by atoms with van der Waals surface area (Å²) in [6.07, 6.45) is 4.99. The lowest BCUT2D eigenvalue weighted by Crippen LogP contribution is -2.15. The van der Waals surface area contributed by atoms with Gasteiger partial charge in [-0.3, -0.25) is 4.98 Å². The third kappa shape index (κ3) is 2.37. The molecule has 2 aromatic heterocycles. The summed E-state index contributed by atoms with van der Waals surface area (Å²) in [4.78, 5) is 7.79. The molecule has 1 unspecified atom stereocenters. The third-order valence-corrected chi connectivity index (χ3v) is 2.88. The molecule has 5 heteroatoms. The van der Waals surface area contributed by atoms with E-state index < -0.39 is 0 Å². The van der Waals surface area contributed by atoms with Crippen molar-refractivity contribution in [3.05, 3.63) is 46.4 Å². The second kappa shape index (κ2) is 4.46. The van der Waals surface area contributed by atoms with E-state index in [9.17, 15) is 4.39 Å². The fraction of sp³-hybridized carbons (Fsp3) is 0.200. The topological polar surface area (TPSA) is 51.8 Å². The van der Waals surface area contributed by atoms with Gasteiger partial charge in [-0.2, -0.15) is 0 Å². The molecule has 0 aromatic carbocycles. The molecule has 0 bridgehead atoms. The molecule has 0 aliphatic heterocycles. The number of hydrogen-bond acceptors (Lipinski definition) is 4. The van der Waals surface area contributed by atoms with Crippen molar-refractivity contribution in [2.45, 2.75) is 12.5 Å². The van der Waals surface area contributed by atoms with E-state index in [-0.39, 0.29) is 11.9 Å². The number of halogens is 1. The first kappa shape index (κ1) is 10.2. The zero-order valence-electron chi connectivity index (χ0n) is 7.93. The SMILES string of the molecule is NC(Cc1nccs1)c1ccncc1F. The number of aromatic nitrogens is 2. The van der Waals surface area contributed by atoms with Gasteiger partial charge in [-0.05, 0) is 6.07 Å². The Morgan fingerprint density at radius 1 is 1.47 bits per heavy atom. The minimum Gasteiger partial charge on any atom is -0.324 e. The van der Waals surface area contributed by atoms with Crippen LogP contribution in [0.2, 0.25) is 0 Å². The summed E-state index contributed by atoms with van der Waals surface area (Å²) >= 11 is 1.52. The monoisotopic (exact) mass is 223 g/mol. The first-order valence-corrected chi connectivity index (χ1v) is 5.38. The Morgan fingerprint density at radius 3 is 3.00 bits per heavy atom. The Kier molecular flexibility index (Phi) is 3.03. The highest BCUT2D eigenvalue weighted by Crippen LogP contribution is 2.19. The molecule has 2 aromatic rings. The van der Waals surface area contributed by atoms with E-state index in [2.05, 4.69) is 9.97 Å². The van der Waals surface area contributed by atoms with E-state index in [1.807, 2.05) is 5.38 Å². The van der Waals surface area contributed by atoms with E-state index in [0.29, 0.717) is 12.0 Å². The number of nitrogens with zero attached hydrogens (tertiary/aromatic N) is 2. The second-order valence-corrected chi connectivity index (χ2v) is 4.11. The molecule has 0 radical (unpaired) electrons. The summed E-state index contributed by atoms with van der Waals surface area (Å²) in [5.41, 5.74) is 6.37. The molecule has 3 nitrogen and oxygen atoms in total. The van der Waals surface area contributed by atoms with Gasteiger partial charge in [-0.1, -0.05) is 0 Å². The average Bonchev–Trinajstić information content (AvgIpc) is 2.71. The normalized spacial score (nSPS) is 12.7. The van der Waals surface area contributed by atoms with Crippen molar-refractivity contribution in [1.82, 2.24) is 9.97 Å². The Balaban J connectivity index is 2.15. The Bertz CT molecular complexity index is 430. The zero-order valence-corrected chi connectivity index (χ0v) is 8.75. The fourth-order valence-corrected chi connectivity index (χ4v) is 2.01. The summed E-state index contributed by atoms with van der Waals surface area (Å²) in [7, 11) is 0. The minimum atomic E-state index is -0.362. The number of nitrogens with two attached hydrogens (primary N) is 1. The predicted octanol–water partition coefficient (Wildman–Crippen LogP) is 1.92. The molecule has 78 valence electrons. The van der Waals surface area contributed by atoms with Crippen molar-refractivity contribution in [3.63, 3.8) is 0 Å². The minimum absolute atomic E-state index is 0.360. The maximum atomic E-state index is 13.3. The molecular weight excluding hydrogens is 213 g/mol. The highest BCUT2D eigenvalue weighted by Gasteiger charge is 2.12. The van der Waals surface area contributed by atoms with Gasteiger partial charge >= 0.3 is 0 Å². The van der Waals surface area contributed by atoms with Crippen molar-refractivity contribution in [2.24, 2.45) is 5.73 Å². The molecule has 2 heterocycles. The van der Waals surface area contributed by atoms with Gasteiger partial charge in [0.05, 0.1) is 11.2 Å². The summed E-state index contributed by atoms with van der Waals surface area (Å²) in [5.74, 6) is -0.360. The van der Waals surface area contributed by atoms with Crippen LogP contribution in [0.15, 0.2) is 30.0 Å². The Labute approximate surface area is 90.8 Å². The van der Waals surface area contributed by atoms with E-state index in [1.54, 1.807) is 18.5 Å². The van der Waals surface area contributed by atoms with Gasteiger partial charge in [-0.15, -0.1) is 11.3 Å². The second-order valence-electron chi connectivity index (χ2n) is 3.13. The Morgan fingerprint density at radius 2 is 2.33 bits per heavy atom. The molecular formula is C10H10FN3S. The smallest absolute Gasteiger partial charge is 0.146 e. The van der Waals surface area contributed by atoms with Crippen LogP contribution in [-0.2, 0) is 6.42 Å². The number of pyridine rings is 1. The van der Waals surface area contributed by atoms with Crippen LogP contribution in [0.25, 0.3) is 0 Å². The van der Waals surface area contributed by atoms with Gasteiger partial charge < -0.3 is 5.73 Å². The lowest BCUT2D eigenvalue weighted by atomic mass is 10.1. The van der Waals surface area contributed by atoms with Gasteiger partial charge in [0.2, 0.25) is 0 Å². The molecule has 15 heavy (non-hydrogen) atoms. The van der Waals surface area contributed by atoms with E-state index in [1.165, 1.54) is 17.5 Å². The van der Waals surface area contributed by atoms with E-state index in [0.717, 1.165) is 5.01 Å². The number of thiazole rings is 1. The quantitative estimate of drug-likeness (QED) is 0.864. The molecule has 0 aliphatic rings. The van der Waals surface area contributed by atoms with E-state index >= 15 is 0 Å². The predicted molar refractivity (Wildman–Crippen MR) is 56.9 cm³/mol. The zero-order chi connectivity index (χ0) is 10.7. The number of rotatable bonds is 3. The summed E-state index contributed by atoms with van der Waals surface area (Å²) < 4.78 is 13.3. The van der Waals surface area contributed by atoms with Crippen molar-refractivity contribution in [3.8, 4) is 0 Å². The molecule has 0 fully saturated rings. The molecule has 2 rings (SSSR count). The van der Waals surface area contributed by atoms with Crippen LogP contribution in [0.3, 0.4) is 0 Å². The van der Waals surface area contributed by atoms with Crippen LogP contribution < -0.4 is 5.73 Å². The van der Waals surface area contributed by atoms with Crippen LogP contribution in [0, 0.1) is 5.82 Å². The van der Waals surface area contributed by atoms with Gasteiger partial charge in [0.1, 0.15) is 5.82 Å². The lowest BCUT2D eigenvalue weighted by molar-refractivity contribution is 0.574. The molecule has 0 spiro atoms. The molecule has 0 amide bonds. The molecule has 1 atom stereocenters. The summed E-state index contributed by atoms with van der Waals surface area (Å²) in [5, 5.41) is 2.80. The molecule has 0 saturated heterocycles. The molecule has 0 saturated carbocycles. The highest BCUT2D eigenvalue weighted by atomic mass is 32.1. The van der Waals surface area contributed by atoms with Crippen LogP contribution in [0.5, 0.6) is 0 Å². The maximum Gasteiger partial charge on any atom is 0.146 e. The van der Waals surface area contributed by atoms with Gasteiger partial charge in [0.25, 0.3) is 0 Å². The largest absolute Gasteiger partial charge is 0.324 e. The lowest BCUT2D eigenvalue weighted by Gasteiger charge is -2.10. The number of hydrogen-bond donors (Lipinski definition) is 1. The average molecular weight is 223 g/mol. The van der Waals surface area contributed by atoms with Crippen LogP contribution in [0.4, 0.5) is 4.39 Å². The van der Waals surface area contributed by atoms with E-state index in [4.69, 9.17) is 5.73 Å². The standard InChI is InChI=1S/C10H10FN3S/c11-8-6-13-2-1-7(8)9(12)5-10-14-3-4-15-10/h1-4,6,9H,5,12H2. The Hall–Kier alpha value is -1.33. The molecule has 2 N–H and O–H groups in total. The van der Waals surface area contributed by atoms with Crippen LogP contribution in [-0.4, -0.2) is 9.97 Å². The highest BCUT2D eigenvalue weighted by molar-refractivity contribution is 7.09. The fourth-order valence-electron chi connectivity index (χ4n) is 1.34. The maximum absolute atomic E-state index is 13.3. The van der Waals surface area contributed by atoms with Gasteiger partial charge in [0, 0.05) is 35.8 Å². The first-order chi connectivity index (χ1) is 7.27. The van der Waals surface area contributed by atoms with Crippen molar-refractivity contribution in [1.29, 1.82) is 0 Å². The van der Waals surface area contributed by atoms with Crippen LogP contribution in [0.1, 0.15) is 16.6 Å². The van der Waals surface area contributed by atoms with Crippen molar-refractivity contribution < 1.29 is 4.39 Å². The van der Waals surface area contributed by atoms with Crippen LogP contribution >= 0.6 is 11.3 Å². The summed E-state index contributed by atoms with van der Waals surface area (Å²) in [6, 6.07) is 1.24.